The Morgan fingerprint density at radius 1 is 1.02 bits per heavy atom. The van der Waals surface area contributed by atoms with Crippen LogP contribution < -0.4 is 10.6 Å². The molecule has 1 aliphatic heterocycles. The molecule has 2 N–H and O–H groups in total. The van der Waals surface area contributed by atoms with Gasteiger partial charge < -0.3 is 15.5 Å². The predicted octanol–water partition coefficient (Wildman–Crippen LogP) is 4.18. The number of hydrogen-bond acceptors (Lipinski definition) is 8. The maximum atomic E-state index is 14.9. The summed E-state index contributed by atoms with van der Waals surface area (Å²) in [5.41, 5.74) is 4.36. The molecule has 3 heterocycles. The zero-order chi connectivity index (χ0) is 30.2. The summed E-state index contributed by atoms with van der Waals surface area (Å²) in [6.07, 6.45) is 7.01. The van der Waals surface area contributed by atoms with Gasteiger partial charge in [0.15, 0.2) is 0 Å². The number of aromatic nitrogens is 4. The second-order valence-corrected chi connectivity index (χ2v) is 10.4. The largest absolute Gasteiger partial charge is 0.322 e. The van der Waals surface area contributed by atoms with Crippen molar-refractivity contribution in [2.45, 2.75) is 26.4 Å². The zero-order valence-corrected chi connectivity index (χ0v) is 24.1. The number of rotatable bonds is 8. The smallest absolute Gasteiger partial charge is 0.255 e. The van der Waals surface area contributed by atoms with Gasteiger partial charge in [0.1, 0.15) is 5.82 Å². The summed E-state index contributed by atoms with van der Waals surface area (Å²) in [5, 5.41) is 18.8. The highest BCUT2D eigenvalue weighted by Crippen LogP contribution is 2.19. The number of benzene rings is 2. The Labute approximate surface area is 250 Å². The van der Waals surface area contributed by atoms with Crippen molar-refractivity contribution in [1.82, 2.24) is 29.5 Å². The minimum atomic E-state index is -0.344. The van der Waals surface area contributed by atoms with Crippen molar-refractivity contribution in [3.63, 3.8) is 0 Å². The Kier molecular flexibility index (Phi) is 9.37. The summed E-state index contributed by atoms with van der Waals surface area (Å²) in [7, 11) is 2.09. The Morgan fingerprint density at radius 3 is 2.56 bits per heavy atom. The molecule has 1 fully saturated rings. The quantitative estimate of drug-likeness (QED) is 0.300. The lowest BCUT2D eigenvalue weighted by Crippen LogP contribution is -2.44. The van der Waals surface area contributed by atoms with Gasteiger partial charge in [0, 0.05) is 73.7 Å². The predicted molar refractivity (Wildman–Crippen MR) is 162 cm³/mol. The number of nitriles is 1. The van der Waals surface area contributed by atoms with E-state index < -0.39 is 0 Å². The summed E-state index contributed by atoms with van der Waals surface area (Å²) >= 11 is 0. The maximum absolute atomic E-state index is 14.9. The first-order chi connectivity index (χ1) is 20.9. The van der Waals surface area contributed by atoms with E-state index in [0.717, 1.165) is 31.7 Å². The molecule has 0 unspecified atom stereocenters. The number of carbonyl (C=O) groups excluding carboxylic acids is 1. The molecule has 0 aliphatic carbocycles. The molecule has 0 spiro atoms. The van der Waals surface area contributed by atoms with E-state index in [2.05, 4.69) is 60.5 Å². The Bertz CT molecular complexity index is 1690. The summed E-state index contributed by atoms with van der Waals surface area (Å²) in [4.78, 5) is 26.1. The van der Waals surface area contributed by atoms with Gasteiger partial charge in [0.2, 0.25) is 5.95 Å². The van der Waals surface area contributed by atoms with Gasteiger partial charge in [-0.1, -0.05) is 24.0 Å². The van der Waals surface area contributed by atoms with Gasteiger partial charge in [0.05, 0.1) is 36.5 Å². The highest BCUT2D eigenvalue weighted by Gasteiger charge is 2.16. The van der Waals surface area contributed by atoms with Gasteiger partial charge in [0.25, 0.3) is 5.91 Å². The SMILES string of the molecule is Cc1ccc(C(=O)Nc2ccc(CN3CCN(C)CC3)c(F)c2)cc1C#Cc1cnc(Nc2cnn(CCC#N)c2)nc1. The van der Waals surface area contributed by atoms with Crippen molar-refractivity contribution < 1.29 is 9.18 Å². The van der Waals surface area contributed by atoms with Crippen LogP contribution in [0.1, 0.15) is 39.0 Å². The van der Waals surface area contributed by atoms with Crippen molar-refractivity contribution >= 4 is 23.2 Å². The molecule has 2 aromatic carbocycles. The number of amides is 1. The molecule has 1 aliphatic rings. The summed E-state index contributed by atoms with van der Waals surface area (Å²) in [6, 6.07) is 12.2. The molecule has 10 nitrogen and oxygen atoms in total. The van der Waals surface area contributed by atoms with Gasteiger partial charge in [-0.2, -0.15) is 10.4 Å². The number of piperazine rings is 1. The highest BCUT2D eigenvalue weighted by atomic mass is 19.1. The molecular weight excluding hydrogens is 545 g/mol. The fourth-order valence-corrected chi connectivity index (χ4v) is 4.54. The molecule has 0 radical (unpaired) electrons. The van der Waals surface area contributed by atoms with Crippen LogP contribution in [-0.4, -0.2) is 68.7 Å². The maximum Gasteiger partial charge on any atom is 0.255 e. The molecule has 0 saturated carbocycles. The number of anilines is 3. The molecule has 218 valence electrons. The molecule has 11 heteroatoms. The normalized spacial score (nSPS) is 13.5. The van der Waals surface area contributed by atoms with Gasteiger partial charge in [-0.25, -0.2) is 14.4 Å². The Balaban J connectivity index is 1.20. The minimum Gasteiger partial charge on any atom is -0.322 e. The van der Waals surface area contributed by atoms with Crippen molar-refractivity contribution in [1.29, 1.82) is 5.26 Å². The first-order valence-corrected chi connectivity index (χ1v) is 14.0. The highest BCUT2D eigenvalue weighted by molar-refractivity contribution is 6.04. The molecule has 5 rings (SSSR count). The van der Waals surface area contributed by atoms with Gasteiger partial charge >= 0.3 is 0 Å². The number of aryl methyl sites for hydroxylation is 2. The molecular formula is C32H32FN9O. The Hall–Kier alpha value is -5.10. The second kappa shape index (κ2) is 13.7. The van der Waals surface area contributed by atoms with Crippen molar-refractivity contribution in [3.8, 4) is 17.9 Å². The lowest BCUT2D eigenvalue weighted by atomic mass is 10.0. The number of likely N-dealkylation sites (N-methyl/N-ethyl adjacent to an activating group) is 1. The van der Waals surface area contributed by atoms with Crippen LogP contribution >= 0.6 is 0 Å². The fraction of sp³-hybridized carbons (Fsp3) is 0.281. The van der Waals surface area contributed by atoms with Crippen molar-refractivity contribution in [3.05, 3.63) is 94.8 Å². The van der Waals surface area contributed by atoms with E-state index in [1.807, 2.05) is 13.0 Å². The summed E-state index contributed by atoms with van der Waals surface area (Å²) < 4.78 is 16.5. The van der Waals surface area contributed by atoms with Crippen LogP contribution in [0, 0.1) is 35.9 Å². The zero-order valence-electron chi connectivity index (χ0n) is 24.1. The average Bonchev–Trinajstić information content (AvgIpc) is 3.46. The molecule has 0 atom stereocenters. The van der Waals surface area contributed by atoms with Crippen LogP contribution in [0.4, 0.5) is 21.7 Å². The molecule has 0 bridgehead atoms. The lowest BCUT2D eigenvalue weighted by Gasteiger charge is -2.32. The standard InChI is InChI=1S/C32H32FN9O/c1-23-4-6-26(31(43)38-28-9-8-27(30(33)17-28)21-41-14-12-40(2)13-15-41)16-25(23)7-5-24-18-35-32(36-19-24)39-29-20-37-42(22-29)11-3-10-34/h4,6,8-9,16-20,22H,3,11-15,21H2,1-2H3,(H,38,43)(H,35,36,39). The van der Waals surface area contributed by atoms with Crippen LogP contribution in [0.15, 0.2) is 61.2 Å². The van der Waals surface area contributed by atoms with Crippen molar-refractivity contribution in [2.75, 3.05) is 43.9 Å². The third-order valence-electron chi connectivity index (χ3n) is 7.14. The number of hydrogen-bond donors (Lipinski definition) is 2. The number of carbonyl (C=O) groups is 1. The van der Waals surface area contributed by atoms with E-state index in [0.29, 0.717) is 59.1 Å². The third kappa shape index (κ3) is 8.01. The second-order valence-electron chi connectivity index (χ2n) is 10.4. The molecule has 1 amide bonds. The minimum absolute atomic E-state index is 0.332. The molecule has 43 heavy (non-hydrogen) atoms. The van der Waals surface area contributed by atoms with Crippen LogP contribution in [0.2, 0.25) is 0 Å². The average molecular weight is 578 g/mol. The van der Waals surface area contributed by atoms with E-state index in [4.69, 9.17) is 5.26 Å². The number of nitrogens with one attached hydrogen (secondary N) is 2. The van der Waals surface area contributed by atoms with Crippen molar-refractivity contribution in [2.24, 2.45) is 0 Å². The van der Waals surface area contributed by atoms with Crippen LogP contribution in [-0.2, 0) is 13.1 Å². The third-order valence-corrected chi connectivity index (χ3v) is 7.14. The van der Waals surface area contributed by atoms with Crippen LogP contribution in [0.3, 0.4) is 0 Å². The van der Waals surface area contributed by atoms with Gasteiger partial charge in [-0.3, -0.25) is 14.4 Å². The summed E-state index contributed by atoms with van der Waals surface area (Å²) in [6.45, 7) is 6.72. The molecule has 2 aromatic heterocycles. The topological polar surface area (TPSA) is 115 Å². The van der Waals surface area contributed by atoms with Gasteiger partial charge in [-0.05, 0) is 43.8 Å². The van der Waals surface area contributed by atoms with Gasteiger partial charge in [-0.15, -0.1) is 0 Å². The molecule has 1 saturated heterocycles. The molecule has 4 aromatic rings. The van der Waals surface area contributed by atoms with E-state index in [1.54, 1.807) is 53.7 Å². The van der Waals surface area contributed by atoms with E-state index in [1.165, 1.54) is 6.07 Å². The number of halogens is 1. The monoisotopic (exact) mass is 577 g/mol. The van der Waals surface area contributed by atoms with E-state index in [-0.39, 0.29) is 11.7 Å². The van der Waals surface area contributed by atoms with E-state index >= 15 is 0 Å². The van der Waals surface area contributed by atoms with E-state index in [9.17, 15) is 9.18 Å². The summed E-state index contributed by atoms with van der Waals surface area (Å²) in [5.74, 6) is 5.87. The van der Waals surface area contributed by atoms with Crippen LogP contribution in [0.25, 0.3) is 0 Å². The fourth-order valence-electron chi connectivity index (χ4n) is 4.54. The lowest BCUT2D eigenvalue weighted by molar-refractivity contribution is 0.102. The Morgan fingerprint density at radius 2 is 1.81 bits per heavy atom. The first kappa shape index (κ1) is 29.4. The first-order valence-electron chi connectivity index (χ1n) is 14.0. The number of nitrogens with zero attached hydrogens (tertiary/aromatic N) is 7. The van der Waals surface area contributed by atoms with Crippen LogP contribution in [0.5, 0.6) is 0 Å².